The molecule has 0 aliphatic rings. The van der Waals surface area contributed by atoms with Gasteiger partial charge in [-0.2, -0.15) is 0 Å². The predicted molar refractivity (Wildman–Crippen MR) is 59.6 cm³/mol. The second kappa shape index (κ2) is 6.90. The smallest absolute Gasteiger partial charge is 0.188 e. The second-order valence-corrected chi connectivity index (χ2v) is 2.85. The Kier molecular flexibility index (Phi) is 5.33. The van der Waals surface area contributed by atoms with Gasteiger partial charge in [0.2, 0.25) is 0 Å². The lowest BCUT2D eigenvalue weighted by molar-refractivity contribution is 0.0509. The van der Waals surface area contributed by atoms with Crippen LogP contribution in [0.2, 0.25) is 0 Å². The number of benzene rings is 1. The maximum Gasteiger partial charge on any atom is 0.188 e. The average Bonchev–Trinajstić information content (AvgIpc) is 2.28. The van der Waals surface area contributed by atoms with Crippen LogP contribution in [0.1, 0.15) is 12.5 Å². The van der Waals surface area contributed by atoms with Gasteiger partial charge in [0.05, 0.1) is 12.9 Å². The zero-order valence-corrected chi connectivity index (χ0v) is 9.10. The Morgan fingerprint density at radius 2 is 2.07 bits per heavy atom. The first kappa shape index (κ1) is 11.6. The minimum atomic E-state index is 0.249. The van der Waals surface area contributed by atoms with Gasteiger partial charge in [-0.05, 0) is 19.1 Å². The Bertz CT molecular complexity index is 307. The van der Waals surface area contributed by atoms with Crippen LogP contribution < -0.4 is 4.74 Å². The van der Waals surface area contributed by atoms with Crippen molar-refractivity contribution in [2.75, 3.05) is 20.5 Å². The fraction of sp³-hybridized carbons (Fsp3) is 0.333. The third-order valence-electron chi connectivity index (χ3n) is 1.76. The van der Waals surface area contributed by atoms with Crippen molar-refractivity contribution in [2.24, 2.45) is 0 Å². The van der Waals surface area contributed by atoms with Gasteiger partial charge in [0.15, 0.2) is 6.79 Å². The molecule has 15 heavy (non-hydrogen) atoms. The molecule has 0 aromatic heterocycles. The molecule has 82 valence electrons. The van der Waals surface area contributed by atoms with E-state index in [1.54, 1.807) is 13.4 Å². The molecule has 0 spiro atoms. The summed E-state index contributed by atoms with van der Waals surface area (Å²) in [6, 6.07) is 7.72. The number of rotatable bonds is 6. The molecule has 1 rings (SSSR count). The van der Waals surface area contributed by atoms with Crippen LogP contribution in [0, 0.1) is 0 Å². The summed E-state index contributed by atoms with van der Waals surface area (Å²) in [5, 5.41) is 0. The summed E-state index contributed by atoms with van der Waals surface area (Å²) in [6.45, 7) is 2.86. The van der Waals surface area contributed by atoms with Crippen LogP contribution >= 0.6 is 0 Å². The fourth-order valence-corrected chi connectivity index (χ4v) is 1.09. The first-order valence-corrected chi connectivity index (χ1v) is 4.87. The van der Waals surface area contributed by atoms with Crippen molar-refractivity contribution in [3.8, 4) is 5.75 Å². The molecule has 3 heteroatoms. The molecular formula is C12H16O3. The standard InChI is InChI=1S/C12H16O3/c1-3-14-9-8-11-6-4-5-7-12(11)15-10-13-2/h4-9H,3,10H2,1-2H3. The first-order chi connectivity index (χ1) is 7.38. The molecule has 0 bridgehead atoms. The van der Waals surface area contributed by atoms with Crippen molar-refractivity contribution in [1.82, 2.24) is 0 Å². The monoisotopic (exact) mass is 208 g/mol. The molecule has 0 saturated carbocycles. The predicted octanol–water partition coefficient (Wildman–Crippen LogP) is 2.68. The van der Waals surface area contributed by atoms with Gasteiger partial charge in [0.1, 0.15) is 5.75 Å². The van der Waals surface area contributed by atoms with Gasteiger partial charge in [0, 0.05) is 12.7 Å². The number of ether oxygens (including phenoxy) is 3. The zero-order valence-electron chi connectivity index (χ0n) is 9.10. The first-order valence-electron chi connectivity index (χ1n) is 4.87. The van der Waals surface area contributed by atoms with Crippen LogP contribution in [0.3, 0.4) is 0 Å². The van der Waals surface area contributed by atoms with E-state index in [1.165, 1.54) is 0 Å². The molecule has 0 N–H and O–H groups in total. The van der Waals surface area contributed by atoms with Gasteiger partial charge in [0.25, 0.3) is 0 Å². The van der Waals surface area contributed by atoms with Crippen LogP contribution in [0.4, 0.5) is 0 Å². The molecule has 1 aromatic carbocycles. The SMILES string of the molecule is CCOC=Cc1ccccc1OCOC. The van der Waals surface area contributed by atoms with Crippen molar-refractivity contribution in [1.29, 1.82) is 0 Å². The second-order valence-electron chi connectivity index (χ2n) is 2.85. The fourth-order valence-electron chi connectivity index (χ4n) is 1.09. The summed E-state index contributed by atoms with van der Waals surface area (Å²) in [6.07, 6.45) is 3.53. The van der Waals surface area contributed by atoms with E-state index in [9.17, 15) is 0 Å². The van der Waals surface area contributed by atoms with Gasteiger partial charge < -0.3 is 14.2 Å². The minimum absolute atomic E-state index is 0.249. The number of para-hydroxylation sites is 1. The molecule has 0 aliphatic heterocycles. The summed E-state index contributed by atoms with van der Waals surface area (Å²) in [5.41, 5.74) is 0.975. The molecule has 0 heterocycles. The summed E-state index contributed by atoms with van der Waals surface area (Å²) < 4.78 is 15.4. The largest absolute Gasteiger partial charge is 0.501 e. The quantitative estimate of drug-likeness (QED) is 0.531. The van der Waals surface area contributed by atoms with Crippen LogP contribution in [-0.2, 0) is 9.47 Å². The van der Waals surface area contributed by atoms with Gasteiger partial charge in [-0.1, -0.05) is 18.2 Å². The highest BCUT2D eigenvalue weighted by Gasteiger charge is 1.98. The van der Waals surface area contributed by atoms with E-state index in [1.807, 2.05) is 37.3 Å². The maximum atomic E-state index is 5.39. The maximum absolute atomic E-state index is 5.39. The van der Waals surface area contributed by atoms with Gasteiger partial charge in [-0.3, -0.25) is 0 Å². The van der Waals surface area contributed by atoms with Crippen molar-refractivity contribution in [3.05, 3.63) is 36.1 Å². The highest BCUT2D eigenvalue weighted by molar-refractivity contribution is 5.56. The van der Waals surface area contributed by atoms with Crippen molar-refractivity contribution in [3.63, 3.8) is 0 Å². The lowest BCUT2D eigenvalue weighted by Gasteiger charge is -2.07. The summed E-state index contributed by atoms with van der Waals surface area (Å²) in [5.74, 6) is 0.787. The topological polar surface area (TPSA) is 27.7 Å². The molecule has 0 amide bonds. The Morgan fingerprint density at radius 1 is 1.27 bits per heavy atom. The third-order valence-corrected chi connectivity index (χ3v) is 1.76. The Hall–Kier alpha value is -1.48. The van der Waals surface area contributed by atoms with Crippen LogP contribution in [0.5, 0.6) is 5.75 Å². The Labute approximate surface area is 90.3 Å². The Morgan fingerprint density at radius 3 is 2.80 bits per heavy atom. The summed E-state index contributed by atoms with van der Waals surface area (Å²) in [7, 11) is 1.60. The molecule has 0 radical (unpaired) electrons. The lowest BCUT2D eigenvalue weighted by atomic mass is 10.2. The minimum Gasteiger partial charge on any atom is -0.501 e. The molecule has 0 atom stereocenters. The number of hydrogen-bond donors (Lipinski definition) is 0. The number of methoxy groups -OCH3 is 1. The normalized spacial score (nSPS) is 10.5. The highest BCUT2D eigenvalue weighted by Crippen LogP contribution is 2.19. The number of hydrogen-bond acceptors (Lipinski definition) is 3. The molecule has 0 unspecified atom stereocenters. The van der Waals surface area contributed by atoms with E-state index in [0.29, 0.717) is 6.61 Å². The Balaban J connectivity index is 2.67. The molecule has 0 saturated heterocycles. The van der Waals surface area contributed by atoms with Crippen molar-refractivity contribution in [2.45, 2.75) is 6.92 Å². The van der Waals surface area contributed by atoms with Gasteiger partial charge >= 0.3 is 0 Å². The van der Waals surface area contributed by atoms with E-state index in [0.717, 1.165) is 11.3 Å². The van der Waals surface area contributed by atoms with E-state index in [-0.39, 0.29) is 6.79 Å². The van der Waals surface area contributed by atoms with E-state index < -0.39 is 0 Å². The highest BCUT2D eigenvalue weighted by atomic mass is 16.7. The average molecular weight is 208 g/mol. The van der Waals surface area contributed by atoms with Crippen LogP contribution in [0.15, 0.2) is 30.5 Å². The van der Waals surface area contributed by atoms with Gasteiger partial charge in [-0.25, -0.2) is 0 Å². The van der Waals surface area contributed by atoms with E-state index >= 15 is 0 Å². The van der Waals surface area contributed by atoms with Gasteiger partial charge in [-0.15, -0.1) is 0 Å². The molecular weight excluding hydrogens is 192 g/mol. The van der Waals surface area contributed by atoms with Crippen molar-refractivity contribution < 1.29 is 14.2 Å². The van der Waals surface area contributed by atoms with Crippen molar-refractivity contribution >= 4 is 6.08 Å². The van der Waals surface area contributed by atoms with Crippen LogP contribution in [0.25, 0.3) is 6.08 Å². The summed E-state index contributed by atoms with van der Waals surface area (Å²) >= 11 is 0. The molecule has 0 aliphatic carbocycles. The lowest BCUT2D eigenvalue weighted by Crippen LogP contribution is -1.99. The van der Waals surface area contributed by atoms with E-state index in [4.69, 9.17) is 14.2 Å². The molecule has 0 fully saturated rings. The van der Waals surface area contributed by atoms with Crippen LogP contribution in [-0.4, -0.2) is 20.5 Å². The van der Waals surface area contributed by atoms with E-state index in [2.05, 4.69) is 0 Å². The molecule has 1 aromatic rings. The molecule has 3 nitrogen and oxygen atoms in total. The third kappa shape index (κ3) is 4.04. The zero-order chi connectivity index (χ0) is 10.9. The summed E-state index contributed by atoms with van der Waals surface area (Å²) in [4.78, 5) is 0.